The summed E-state index contributed by atoms with van der Waals surface area (Å²) in [4.78, 5) is 14.8. The number of nitrogens with zero attached hydrogens (tertiary/aromatic N) is 1. The van der Waals surface area contributed by atoms with Gasteiger partial charge in [-0.1, -0.05) is 0 Å². The van der Waals surface area contributed by atoms with Gasteiger partial charge in [-0.2, -0.15) is 0 Å². The van der Waals surface area contributed by atoms with Gasteiger partial charge in [-0.3, -0.25) is 4.79 Å². The molecule has 3 rings (SSSR count). The van der Waals surface area contributed by atoms with Crippen molar-refractivity contribution in [1.82, 2.24) is 10.2 Å². The summed E-state index contributed by atoms with van der Waals surface area (Å²) in [5.41, 5.74) is 5.50. The van der Waals surface area contributed by atoms with E-state index in [4.69, 9.17) is 10.5 Å². The number of nitrogens with two attached hydrogens (primary N) is 1. The second-order valence-electron chi connectivity index (χ2n) is 6.87. The molecule has 2 atom stereocenters. The van der Waals surface area contributed by atoms with E-state index in [2.05, 4.69) is 17.3 Å². The summed E-state index contributed by atoms with van der Waals surface area (Å²) >= 11 is 0. The zero-order valence-corrected chi connectivity index (χ0v) is 12.4. The topological polar surface area (TPSA) is 67.6 Å². The summed E-state index contributed by atoms with van der Waals surface area (Å²) in [7, 11) is 2.24. The van der Waals surface area contributed by atoms with Crippen molar-refractivity contribution in [1.29, 1.82) is 0 Å². The molecule has 3 aliphatic rings. The molecule has 0 aromatic rings. The number of piperidine rings is 1. The Balaban J connectivity index is 1.49. The van der Waals surface area contributed by atoms with E-state index in [9.17, 15) is 4.79 Å². The highest BCUT2D eigenvalue weighted by molar-refractivity contribution is 5.86. The van der Waals surface area contributed by atoms with Crippen molar-refractivity contribution in [3.63, 3.8) is 0 Å². The van der Waals surface area contributed by atoms with Crippen LogP contribution in [0.15, 0.2) is 0 Å². The van der Waals surface area contributed by atoms with Crippen LogP contribution in [0.4, 0.5) is 0 Å². The first-order chi connectivity index (χ1) is 9.58. The maximum Gasteiger partial charge on any atom is 0.240 e. The van der Waals surface area contributed by atoms with Crippen molar-refractivity contribution in [2.24, 2.45) is 11.7 Å². The Morgan fingerprint density at radius 1 is 1.30 bits per heavy atom. The smallest absolute Gasteiger partial charge is 0.240 e. The number of nitrogens with one attached hydrogen (secondary N) is 1. The number of amides is 1. The Hall–Kier alpha value is -0.650. The minimum Gasteiger partial charge on any atom is -0.381 e. The highest BCUT2D eigenvalue weighted by Gasteiger charge is 2.40. The van der Waals surface area contributed by atoms with Crippen LogP contribution in [0.3, 0.4) is 0 Å². The molecule has 1 amide bonds. The predicted molar refractivity (Wildman–Crippen MR) is 77.3 cm³/mol. The van der Waals surface area contributed by atoms with E-state index in [1.54, 1.807) is 0 Å². The molecule has 0 aliphatic carbocycles. The van der Waals surface area contributed by atoms with Crippen molar-refractivity contribution in [2.75, 3.05) is 26.8 Å². The Morgan fingerprint density at radius 3 is 2.50 bits per heavy atom. The van der Waals surface area contributed by atoms with Crippen LogP contribution in [0.2, 0.25) is 0 Å². The van der Waals surface area contributed by atoms with Gasteiger partial charge in [-0.05, 0) is 51.5 Å². The third-order valence-electron chi connectivity index (χ3n) is 5.58. The third-order valence-corrected chi connectivity index (χ3v) is 5.58. The molecule has 3 fully saturated rings. The van der Waals surface area contributed by atoms with Gasteiger partial charge in [-0.15, -0.1) is 0 Å². The van der Waals surface area contributed by atoms with Gasteiger partial charge in [0.1, 0.15) is 0 Å². The lowest BCUT2D eigenvalue weighted by molar-refractivity contribution is -0.130. The molecule has 3 aliphatic heterocycles. The van der Waals surface area contributed by atoms with Crippen LogP contribution in [-0.4, -0.2) is 55.2 Å². The predicted octanol–water partition coefficient (Wildman–Crippen LogP) is 0.483. The molecule has 0 radical (unpaired) electrons. The molecule has 5 heteroatoms. The quantitative estimate of drug-likeness (QED) is 0.790. The Morgan fingerprint density at radius 2 is 1.90 bits per heavy atom. The SMILES string of the molecule is CN1C2CCC1CC(CNC(=O)C1(N)CCOCC1)C2. The molecule has 0 aromatic heterocycles. The van der Waals surface area contributed by atoms with E-state index in [0.29, 0.717) is 32.0 Å². The Kier molecular flexibility index (Phi) is 4.02. The highest BCUT2D eigenvalue weighted by atomic mass is 16.5. The number of rotatable bonds is 3. The first-order valence-corrected chi connectivity index (χ1v) is 7.95. The number of hydrogen-bond donors (Lipinski definition) is 2. The molecule has 0 saturated carbocycles. The van der Waals surface area contributed by atoms with E-state index in [1.807, 2.05) is 0 Å². The van der Waals surface area contributed by atoms with Crippen LogP contribution in [0, 0.1) is 5.92 Å². The van der Waals surface area contributed by atoms with Gasteiger partial charge < -0.3 is 20.7 Å². The molecule has 2 bridgehead atoms. The van der Waals surface area contributed by atoms with E-state index in [0.717, 1.165) is 18.6 Å². The van der Waals surface area contributed by atoms with Crippen LogP contribution in [-0.2, 0) is 9.53 Å². The van der Waals surface area contributed by atoms with Gasteiger partial charge in [0.05, 0.1) is 5.54 Å². The highest BCUT2D eigenvalue weighted by Crippen LogP contribution is 2.37. The van der Waals surface area contributed by atoms with Crippen molar-refractivity contribution >= 4 is 5.91 Å². The summed E-state index contributed by atoms with van der Waals surface area (Å²) in [6, 6.07) is 1.45. The number of fused-ring (bicyclic) bond motifs is 2. The second-order valence-corrected chi connectivity index (χ2v) is 6.87. The Labute approximate surface area is 121 Å². The first-order valence-electron chi connectivity index (χ1n) is 7.95. The van der Waals surface area contributed by atoms with E-state index >= 15 is 0 Å². The molecular weight excluding hydrogens is 254 g/mol. The van der Waals surface area contributed by atoms with Crippen molar-refractivity contribution in [2.45, 2.75) is 56.1 Å². The number of carbonyl (C=O) groups is 1. The van der Waals surface area contributed by atoms with Gasteiger partial charge >= 0.3 is 0 Å². The summed E-state index contributed by atoms with van der Waals surface area (Å²) in [5.74, 6) is 0.642. The van der Waals surface area contributed by atoms with Gasteiger partial charge in [0.25, 0.3) is 0 Å². The summed E-state index contributed by atoms with van der Waals surface area (Å²) < 4.78 is 5.29. The molecule has 5 nitrogen and oxygen atoms in total. The van der Waals surface area contributed by atoms with Gasteiger partial charge in [0.2, 0.25) is 5.91 Å². The van der Waals surface area contributed by atoms with Crippen LogP contribution >= 0.6 is 0 Å². The van der Waals surface area contributed by atoms with E-state index < -0.39 is 5.54 Å². The summed E-state index contributed by atoms with van der Waals surface area (Å²) in [5, 5.41) is 3.11. The van der Waals surface area contributed by atoms with Crippen LogP contribution in [0.25, 0.3) is 0 Å². The van der Waals surface area contributed by atoms with Crippen molar-refractivity contribution < 1.29 is 9.53 Å². The third kappa shape index (κ3) is 2.71. The van der Waals surface area contributed by atoms with Crippen molar-refractivity contribution in [3.8, 4) is 0 Å². The molecule has 0 spiro atoms. The van der Waals surface area contributed by atoms with E-state index in [-0.39, 0.29) is 5.91 Å². The molecule has 2 unspecified atom stereocenters. The molecule has 3 heterocycles. The molecule has 3 N–H and O–H groups in total. The number of carbonyl (C=O) groups excluding carboxylic acids is 1. The van der Waals surface area contributed by atoms with E-state index in [1.165, 1.54) is 25.7 Å². The monoisotopic (exact) mass is 281 g/mol. The van der Waals surface area contributed by atoms with Crippen molar-refractivity contribution in [3.05, 3.63) is 0 Å². The Bertz CT molecular complexity index is 354. The minimum absolute atomic E-state index is 0.0204. The molecule has 114 valence electrons. The van der Waals surface area contributed by atoms with Gasteiger partial charge in [0.15, 0.2) is 0 Å². The first kappa shape index (κ1) is 14.3. The molecular formula is C15H27N3O2. The van der Waals surface area contributed by atoms with Gasteiger partial charge in [-0.25, -0.2) is 0 Å². The number of hydrogen-bond acceptors (Lipinski definition) is 4. The second kappa shape index (κ2) is 5.62. The largest absolute Gasteiger partial charge is 0.381 e. The minimum atomic E-state index is -0.706. The standard InChI is InChI=1S/C15H27N3O2/c1-18-12-2-3-13(18)9-11(8-12)10-17-14(19)15(16)4-6-20-7-5-15/h11-13H,2-10,16H2,1H3,(H,17,19). The fourth-order valence-electron chi connectivity index (χ4n) is 4.07. The maximum absolute atomic E-state index is 12.3. The lowest BCUT2D eigenvalue weighted by Gasteiger charge is -2.37. The average molecular weight is 281 g/mol. The van der Waals surface area contributed by atoms with Crippen LogP contribution in [0.1, 0.15) is 38.5 Å². The zero-order valence-electron chi connectivity index (χ0n) is 12.4. The fraction of sp³-hybridized carbons (Fsp3) is 0.933. The van der Waals surface area contributed by atoms with Crippen LogP contribution in [0.5, 0.6) is 0 Å². The molecule has 0 aromatic carbocycles. The number of ether oxygens (including phenoxy) is 1. The normalized spacial score (nSPS) is 36.8. The maximum atomic E-state index is 12.3. The molecule has 20 heavy (non-hydrogen) atoms. The zero-order chi connectivity index (χ0) is 14.2. The fourth-order valence-corrected chi connectivity index (χ4v) is 4.07. The lowest BCUT2D eigenvalue weighted by atomic mass is 9.88. The summed E-state index contributed by atoms with van der Waals surface area (Å²) in [6.07, 6.45) is 6.35. The summed E-state index contributed by atoms with van der Waals surface area (Å²) in [6.45, 7) is 1.99. The lowest BCUT2D eigenvalue weighted by Crippen LogP contribution is -2.57. The molecule has 3 saturated heterocycles. The van der Waals surface area contributed by atoms with Crippen LogP contribution < -0.4 is 11.1 Å². The van der Waals surface area contributed by atoms with Gasteiger partial charge in [0, 0.05) is 31.8 Å². The average Bonchev–Trinajstić information content (AvgIpc) is 2.67.